The van der Waals surface area contributed by atoms with Gasteiger partial charge in [-0.15, -0.1) is 0 Å². The van der Waals surface area contributed by atoms with Gasteiger partial charge < -0.3 is 27.6 Å². The third-order valence-corrected chi connectivity index (χ3v) is 4.73. The number of carboxylic acid groups (broad SMARTS) is 1. The Morgan fingerprint density at radius 3 is 1.91 bits per heavy atom. The molecule has 34 heavy (non-hydrogen) atoms. The standard InChI is InChI=1S/C15H15N3O3.C9H12N2O2/c16-14(10-11-4-2-1-3-5-11)15(19)17-12-6-8-13(9-7-12)18(20)21;10-7-3-1-6(2-4-7)5-8(11)9(12)13/h1-9,14H,10,16H2,(H,17,19);1-4,8H,5,10-11H2,(H,12,13)/t14-;8-/m00/s1. The molecule has 3 rings (SSSR count). The van der Waals surface area contributed by atoms with Gasteiger partial charge in [-0.1, -0.05) is 42.5 Å². The van der Waals surface area contributed by atoms with Crippen molar-refractivity contribution < 1.29 is 19.6 Å². The van der Waals surface area contributed by atoms with Crippen molar-refractivity contribution in [3.8, 4) is 0 Å². The van der Waals surface area contributed by atoms with Gasteiger partial charge in [-0.05, 0) is 48.2 Å². The average Bonchev–Trinajstić information content (AvgIpc) is 2.82. The summed E-state index contributed by atoms with van der Waals surface area (Å²) in [5, 5.41) is 21.7. The first kappa shape index (κ1) is 26.0. The van der Waals surface area contributed by atoms with Crippen molar-refractivity contribution in [1.82, 2.24) is 0 Å². The maximum atomic E-state index is 12.0. The zero-order chi connectivity index (χ0) is 25.1. The Morgan fingerprint density at radius 2 is 1.38 bits per heavy atom. The van der Waals surface area contributed by atoms with Crippen molar-refractivity contribution >= 4 is 28.9 Å². The van der Waals surface area contributed by atoms with Crippen LogP contribution in [0.2, 0.25) is 0 Å². The number of hydrogen-bond donors (Lipinski definition) is 5. The summed E-state index contributed by atoms with van der Waals surface area (Å²) in [6.45, 7) is 0. The molecule has 8 N–H and O–H groups in total. The molecular formula is C24H27N5O5. The predicted molar refractivity (Wildman–Crippen MR) is 130 cm³/mol. The summed E-state index contributed by atoms with van der Waals surface area (Å²) < 4.78 is 0. The molecule has 3 aromatic carbocycles. The number of nitrogens with zero attached hydrogens (tertiary/aromatic N) is 1. The van der Waals surface area contributed by atoms with Crippen LogP contribution in [-0.2, 0) is 22.4 Å². The predicted octanol–water partition coefficient (Wildman–Crippen LogP) is 2.33. The summed E-state index contributed by atoms with van der Waals surface area (Å²) in [7, 11) is 0. The molecule has 0 saturated carbocycles. The van der Waals surface area contributed by atoms with Gasteiger partial charge in [-0.2, -0.15) is 0 Å². The number of carboxylic acids is 1. The van der Waals surface area contributed by atoms with Gasteiger partial charge in [0.1, 0.15) is 6.04 Å². The summed E-state index contributed by atoms with van der Waals surface area (Å²) in [5.74, 6) is -1.32. The van der Waals surface area contributed by atoms with Crippen LogP contribution in [-0.4, -0.2) is 34.0 Å². The molecule has 178 valence electrons. The van der Waals surface area contributed by atoms with Gasteiger partial charge in [0.15, 0.2) is 0 Å². The summed E-state index contributed by atoms with van der Waals surface area (Å²) in [5.41, 5.74) is 19.6. The molecule has 0 unspecified atom stereocenters. The highest BCUT2D eigenvalue weighted by atomic mass is 16.6. The van der Waals surface area contributed by atoms with Crippen molar-refractivity contribution in [2.75, 3.05) is 11.1 Å². The molecule has 0 radical (unpaired) electrons. The van der Waals surface area contributed by atoms with Crippen LogP contribution in [0.1, 0.15) is 11.1 Å². The lowest BCUT2D eigenvalue weighted by atomic mass is 10.1. The first-order valence-corrected chi connectivity index (χ1v) is 10.3. The quantitative estimate of drug-likeness (QED) is 0.190. The van der Waals surface area contributed by atoms with E-state index in [1.165, 1.54) is 24.3 Å². The third kappa shape index (κ3) is 8.69. The summed E-state index contributed by atoms with van der Waals surface area (Å²) in [4.78, 5) is 32.4. The second kappa shape index (κ2) is 12.7. The van der Waals surface area contributed by atoms with Gasteiger partial charge in [-0.25, -0.2) is 0 Å². The molecule has 0 aliphatic heterocycles. The Balaban J connectivity index is 0.000000270. The number of non-ortho nitro benzene ring substituents is 1. The maximum absolute atomic E-state index is 12.0. The summed E-state index contributed by atoms with van der Waals surface area (Å²) in [6, 6.07) is 20.6. The maximum Gasteiger partial charge on any atom is 0.320 e. The lowest BCUT2D eigenvalue weighted by Crippen LogP contribution is -2.37. The van der Waals surface area contributed by atoms with Gasteiger partial charge in [0.2, 0.25) is 5.91 Å². The Morgan fingerprint density at radius 1 is 0.853 bits per heavy atom. The molecule has 2 atom stereocenters. The number of hydrogen-bond acceptors (Lipinski definition) is 7. The van der Waals surface area contributed by atoms with Gasteiger partial charge in [0.05, 0.1) is 11.0 Å². The van der Waals surface area contributed by atoms with Crippen molar-refractivity contribution in [1.29, 1.82) is 0 Å². The first-order valence-electron chi connectivity index (χ1n) is 10.3. The fraction of sp³-hybridized carbons (Fsp3) is 0.167. The monoisotopic (exact) mass is 465 g/mol. The molecule has 0 spiro atoms. The van der Waals surface area contributed by atoms with Crippen LogP contribution in [0.5, 0.6) is 0 Å². The van der Waals surface area contributed by atoms with E-state index in [1.807, 2.05) is 30.3 Å². The smallest absolute Gasteiger partial charge is 0.320 e. The number of nitro groups is 1. The molecule has 0 aliphatic rings. The molecule has 0 aromatic heterocycles. The zero-order valence-electron chi connectivity index (χ0n) is 18.3. The molecule has 0 bridgehead atoms. The highest BCUT2D eigenvalue weighted by Gasteiger charge is 2.15. The Bertz CT molecular complexity index is 1090. The van der Waals surface area contributed by atoms with Crippen molar-refractivity contribution in [3.63, 3.8) is 0 Å². The van der Waals surface area contributed by atoms with Crippen molar-refractivity contribution in [2.45, 2.75) is 24.9 Å². The second-order valence-corrected chi connectivity index (χ2v) is 7.48. The van der Waals surface area contributed by atoms with Crippen molar-refractivity contribution in [2.24, 2.45) is 11.5 Å². The lowest BCUT2D eigenvalue weighted by molar-refractivity contribution is -0.384. The Labute approximate surface area is 196 Å². The molecule has 1 amide bonds. The van der Waals surface area contributed by atoms with Crippen molar-refractivity contribution in [3.05, 3.63) is 100 Å². The van der Waals surface area contributed by atoms with E-state index in [0.29, 0.717) is 24.2 Å². The van der Waals surface area contributed by atoms with Crippen LogP contribution in [0.4, 0.5) is 17.1 Å². The number of benzene rings is 3. The molecule has 0 heterocycles. The van der Waals surface area contributed by atoms with Crippen LogP contribution < -0.4 is 22.5 Å². The van der Waals surface area contributed by atoms with E-state index >= 15 is 0 Å². The highest BCUT2D eigenvalue weighted by Crippen LogP contribution is 2.15. The molecule has 3 aromatic rings. The third-order valence-electron chi connectivity index (χ3n) is 4.73. The number of carbonyl (C=O) groups excluding carboxylic acids is 1. The largest absolute Gasteiger partial charge is 0.480 e. The van der Waals surface area contributed by atoms with Gasteiger partial charge in [-0.3, -0.25) is 19.7 Å². The van der Waals surface area contributed by atoms with E-state index < -0.39 is 23.0 Å². The number of amides is 1. The molecule has 0 saturated heterocycles. The fourth-order valence-electron chi connectivity index (χ4n) is 2.86. The fourth-order valence-corrected chi connectivity index (χ4v) is 2.86. The number of aliphatic carboxylic acids is 1. The minimum Gasteiger partial charge on any atom is -0.480 e. The van der Waals surface area contributed by atoms with Crippen LogP contribution in [0.15, 0.2) is 78.9 Å². The van der Waals surface area contributed by atoms with Crippen LogP contribution >= 0.6 is 0 Å². The summed E-state index contributed by atoms with van der Waals surface area (Å²) in [6.07, 6.45) is 0.759. The van der Waals surface area contributed by atoms with Crippen LogP contribution in [0, 0.1) is 10.1 Å². The van der Waals surface area contributed by atoms with E-state index in [1.54, 1.807) is 24.3 Å². The second-order valence-electron chi connectivity index (χ2n) is 7.48. The van der Waals surface area contributed by atoms with E-state index in [0.717, 1.165) is 11.1 Å². The SMILES string of the molecule is N[C@@H](Cc1ccccc1)C(=O)Nc1ccc([N+](=O)[O-])cc1.Nc1ccc(C[C@H](N)C(=O)O)cc1. The highest BCUT2D eigenvalue weighted by molar-refractivity contribution is 5.94. The number of nitrogens with two attached hydrogens (primary N) is 3. The van der Waals surface area contributed by atoms with E-state index in [2.05, 4.69) is 5.32 Å². The molecule has 0 aliphatic carbocycles. The van der Waals surface area contributed by atoms with Crippen LogP contribution in [0.3, 0.4) is 0 Å². The number of anilines is 2. The van der Waals surface area contributed by atoms with Gasteiger partial charge in [0.25, 0.3) is 5.69 Å². The number of nitro benzene ring substituents is 1. The topological polar surface area (TPSA) is 188 Å². The molecule has 0 fully saturated rings. The molecule has 10 heteroatoms. The first-order chi connectivity index (χ1) is 16.2. The number of nitrogens with one attached hydrogen (secondary N) is 1. The molecule has 10 nitrogen and oxygen atoms in total. The number of carbonyl (C=O) groups is 2. The van der Waals surface area contributed by atoms with Gasteiger partial charge in [0, 0.05) is 23.5 Å². The van der Waals surface area contributed by atoms with Gasteiger partial charge >= 0.3 is 5.97 Å². The average molecular weight is 466 g/mol. The molecular weight excluding hydrogens is 438 g/mol. The van der Waals surface area contributed by atoms with E-state index in [4.69, 9.17) is 22.3 Å². The Kier molecular flexibility index (Phi) is 9.69. The minimum atomic E-state index is -0.989. The Hall–Kier alpha value is -4.28. The minimum absolute atomic E-state index is 0.0263. The number of nitrogen functional groups attached to an aromatic ring is 1. The van der Waals surface area contributed by atoms with E-state index in [-0.39, 0.29) is 11.6 Å². The number of rotatable bonds is 8. The zero-order valence-corrected chi connectivity index (χ0v) is 18.3. The van der Waals surface area contributed by atoms with E-state index in [9.17, 15) is 19.7 Å². The normalized spacial score (nSPS) is 11.9. The van der Waals surface area contributed by atoms with Crippen LogP contribution in [0.25, 0.3) is 0 Å². The lowest BCUT2D eigenvalue weighted by Gasteiger charge is -2.12. The summed E-state index contributed by atoms with van der Waals surface area (Å²) >= 11 is 0.